The lowest BCUT2D eigenvalue weighted by Crippen LogP contribution is -2.26. The van der Waals surface area contributed by atoms with Crippen LogP contribution in [0.5, 0.6) is 0 Å². The first-order valence-corrected chi connectivity index (χ1v) is 10.4. The molecule has 0 unspecified atom stereocenters. The van der Waals surface area contributed by atoms with E-state index >= 15 is 0 Å². The summed E-state index contributed by atoms with van der Waals surface area (Å²) in [6, 6.07) is 3.23. The number of alkyl halides is 4. The Morgan fingerprint density at radius 1 is 1.06 bits per heavy atom. The van der Waals surface area contributed by atoms with Crippen molar-refractivity contribution in [3.8, 4) is 0 Å². The van der Waals surface area contributed by atoms with Crippen molar-refractivity contribution in [3.05, 3.63) is 71.0 Å². The summed E-state index contributed by atoms with van der Waals surface area (Å²) in [4.78, 5) is 25.4. The van der Waals surface area contributed by atoms with E-state index in [1.54, 1.807) is 24.1 Å². The minimum absolute atomic E-state index is 0.0339. The average Bonchev–Trinajstić information content (AvgIpc) is 3.60. The highest BCUT2D eigenvalue weighted by Crippen LogP contribution is 2.26. The molecule has 4 aromatic rings. The fourth-order valence-corrected chi connectivity index (χ4v) is 3.40. The van der Waals surface area contributed by atoms with Crippen LogP contribution in [0.3, 0.4) is 0 Å². The molecule has 0 aliphatic carbocycles. The van der Waals surface area contributed by atoms with E-state index in [4.69, 9.17) is 4.42 Å². The Labute approximate surface area is 200 Å². The number of amides is 2. The van der Waals surface area contributed by atoms with Crippen molar-refractivity contribution >= 4 is 17.5 Å². The molecule has 190 valence electrons. The summed E-state index contributed by atoms with van der Waals surface area (Å²) in [7, 11) is 3.27. The van der Waals surface area contributed by atoms with Gasteiger partial charge >= 0.3 is 0 Å². The molecule has 0 radical (unpaired) electrons. The summed E-state index contributed by atoms with van der Waals surface area (Å²) in [6.07, 6.45) is -1.43. The molecule has 2 N–H and O–H groups in total. The molecule has 2 amide bonds. The molecule has 36 heavy (non-hydrogen) atoms. The highest BCUT2D eigenvalue weighted by atomic mass is 19.3. The molecule has 4 rings (SSSR count). The Kier molecular flexibility index (Phi) is 6.89. The number of carbonyl (C=O) groups excluding carboxylic acids is 2. The third-order valence-corrected chi connectivity index (χ3v) is 5.08. The van der Waals surface area contributed by atoms with Crippen molar-refractivity contribution in [1.82, 2.24) is 34.7 Å². The van der Waals surface area contributed by atoms with E-state index in [1.807, 2.05) is 0 Å². The van der Waals surface area contributed by atoms with Crippen LogP contribution in [0, 0.1) is 0 Å². The number of rotatable bonds is 9. The lowest BCUT2D eigenvalue weighted by Gasteiger charge is -2.08. The standard InChI is InChI=1S/C21H20F4N8O3/c1-31-9-11(7-27-31)6-26-21(35)17-14(8-28-32(17)2)29-20(34)16-4-3-12(36-16)10-33-15(19(24)25)5-13(30-33)18(22)23/h3-5,7-9,18-19H,6,10H2,1-2H3,(H,26,35)(H,29,34). The largest absolute Gasteiger partial charge is 0.454 e. The van der Waals surface area contributed by atoms with Gasteiger partial charge in [0.05, 0.1) is 24.6 Å². The molecule has 0 spiro atoms. The maximum atomic E-state index is 13.2. The number of nitrogens with zero attached hydrogens (tertiary/aromatic N) is 6. The molecular formula is C21H20F4N8O3. The summed E-state index contributed by atoms with van der Waals surface area (Å²) in [6.45, 7) is -0.192. The van der Waals surface area contributed by atoms with Gasteiger partial charge in [-0.15, -0.1) is 0 Å². The zero-order valence-corrected chi connectivity index (χ0v) is 19.0. The van der Waals surface area contributed by atoms with Gasteiger partial charge in [-0.05, 0) is 18.2 Å². The molecule has 11 nitrogen and oxygen atoms in total. The first-order chi connectivity index (χ1) is 17.1. The molecule has 4 heterocycles. The molecule has 0 atom stereocenters. The average molecular weight is 508 g/mol. The molecule has 0 aromatic carbocycles. The third kappa shape index (κ3) is 5.29. The van der Waals surface area contributed by atoms with Gasteiger partial charge in [0.15, 0.2) is 5.76 Å². The van der Waals surface area contributed by atoms with Crippen molar-refractivity contribution in [2.75, 3.05) is 5.32 Å². The number of furan rings is 1. The summed E-state index contributed by atoms with van der Waals surface area (Å²) < 4.78 is 61.1. The predicted octanol–water partition coefficient (Wildman–Crippen LogP) is 3.05. The Bertz CT molecular complexity index is 1390. The summed E-state index contributed by atoms with van der Waals surface area (Å²) in [5.41, 5.74) is -0.533. The SMILES string of the molecule is Cn1cc(CNC(=O)c2c(NC(=O)c3ccc(Cn4nc(C(F)F)cc4C(F)F)o3)cnn2C)cn1. The van der Waals surface area contributed by atoms with Gasteiger partial charge in [0.25, 0.3) is 24.7 Å². The number of carbonyl (C=O) groups is 2. The van der Waals surface area contributed by atoms with Crippen LogP contribution in [-0.2, 0) is 27.2 Å². The number of hydrogen-bond donors (Lipinski definition) is 2. The fourth-order valence-electron chi connectivity index (χ4n) is 3.40. The molecule has 0 aliphatic rings. The molecule has 15 heteroatoms. The molecular weight excluding hydrogens is 488 g/mol. The second-order valence-corrected chi connectivity index (χ2v) is 7.71. The first kappa shape index (κ1) is 24.7. The molecule has 0 fully saturated rings. The molecule has 4 aromatic heterocycles. The van der Waals surface area contributed by atoms with E-state index in [9.17, 15) is 27.2 Å². The van der Waals surface area contributed by atoms with Crippen molar-refractivity contribution in [2.24, 2.45) is 14.1 Å². The van der Waals surface area contributed by atoms with Crippen molar-refractivity contribution < 1.29 is 31.6 Å². The van der Waals surface area contributed by atoms with Crippen molar-refractivity contribution in [2.45, 2.75) is 25.9 Å². The van der Waals surface area contributed by atoms with Crippen molar-refractivity contribution in [1.29, 1.82) is 0 Å². The summed E-state index contributed by atoms with van der Waals surface area (Å²) in [5, 5.41) is 16.7. The van der Waals surface area contributed by atoms with Gasteiger partial charge in [-0.1, -0.05) is 0 Å². The van der Waals surface area contributed by atoms with Crippen LogP contribution >= 0.6 is 0 Å². The zero-order chi connectivity index (χ0) is 26.0. The second kappa shape index (κ2) is 10.1. The van der Waals surface area contributed by atoms with Crippen LogP contribution in [-0.4, -0.2) is 41.2 Å². The maximum Gasteiger partial charge on any atom is 0.291 e. The summed E-state index contributed by atoms with van der Waals surface area (Å²) in [5.74, 6) is -1.40. The van der Waals surface area contributed by atoms with E-state index in [1.165, 1.54) is 30.1 Å². The van der Waals surface area contributed by atoms with Gasteiger partial charge < -0.3 is 15.1 Å². The number of hydrogen-bond acceptors (Lipinski definition) is 6. The van der Waals surface area contributed by atoms with Crippen LogP contribution in [0.25, 0.3) is 0 Å². The van der Waals surface area contributed by atoms with Crippen LogP contribution in [0.2, 0.25) is 0 Å². The van der Waals surface area contributed by atoms with Gasteiger partial charge in [-0.25, -0.2) is 17.6 Å². The molecule has 0 saturated carbocycles. The maximum absolute atomic E-state index is 13.2. The van der Waals surface area contributed by atoms with Crippen LogP contribution in [0.1, 0.15) is 56.6 Å². The van der Waals surface area contributed by atoms with Gasteiger partial charge in [-0.2, -0.15) is 15.3 Å². The Morgan fingerprint density at radius 3 is 2.50 bits per heavy atom. The normalized spacial score (nSPS) is 11.4. The van der Waals surface area contributed by atoms with Crippen LogP contribution in [0.4, 0.5) is 23.2 Å². The lowest BCUT2D eigenvalue weighted by molar-refractivity contribution is 0.0942. The second-order valence-electron chi connectivity index (χ2n) is 7.71. The summed E-state index contributed by atoms with van der Waals surface area (Å²) >= 11 is 0. The highest BCUT2D eigenvalue weighted by molar-refractivity contribution is 6.07. The van der Waals surface area contributed by atoms with Gasteiger partial charge in [0.2, 0.25) is 0 Å². The monoisotopic (exact) mass is 508 g/mol. The van der Waals surface area contributed by atoms with E-state index < -0.39 is 42.6 Å². The lowest BCUT2D eigenvalue weighted by atomic mass is 10.3. The predicted molar refractivity (Wildman–Crippen MR) is 115 cm³/mol. The molecule has 0 saturated heterocycles. The zero-order valence-electron chi connectivity index (χ0n) is 19.0. The van der Waals surface area contributed by atoms with E-state index in [0.29, 0.717) is 10.7 Å². The highest BCUT2D eigenvalue weighted by Gasteiger charge is 2.23. The molecule has 0 bridgehead atoms. The Hall–Kier alpha value is -4.43. The van der Waals surface area contributed by atoms with E-state index in [2.05, 4.69) is 25.9 Å². The Morgan fingerprint density at radius 2 is 1.83 bits per heavy atom. The van der Waals surface area contributed by atoms with E-state index in [-0.39, 0.29) is 29.4 Å². The van der Waals surface area contributed by atoms with Crippen molar-refractivity contribution in [3.63, 3.8) is 0 Å². The van der Waals surface area contributed by atoms with Gasteiger partial charge in [-0.3, -0.25) is 23.6 Å². The van der Waals surface area contributed by atoms with Crippen LogP contribution < -0.4 is 10.6 Å². The van der Waals surface area contributed by atoms with Gasteiger partial charge in [0, 0.05) is 32.4 Å². The third-order valence-electron chi connectivity index (χ3n) is 5.08. The van der Waals surface area contributed by atoms with Gasteiger partial charge in [0.1, 0.15) is 22.8 Å². The smallest absolute Gasteiger partial charge is 0.291 e. The number of anilines is 1. The first-order valence-electron chi connectivity index (χ1n) is 10.4. The number of halogens is 4. The minimum atomic E-state index is -3.03. The van der Waals surface area contributed by atoms with Crippen LogP contribution in [0.15, 0.2) is 41.2 Å². The number of aryl methyl sites for hydroxylation is 2. The quantitative estimate of drug-likeness (QED) is 0.335. The number of aromatic nitrogens is 6. The minimum Gasteiger partial charge on any atom is -0.454 e. The topological polar surface area (TPSA) is 125 Å². The number of nitrogens with one attached hydrogen (secondary N) is 2. The molecule has 0 aliphatic heterocycles. The Balaban J connectivity index is 1.45. The fraction of sp³-hybridized carbons (Fsp3) is 0.286. The van der Waals surface area contributed by atoms with E-state index in [0.717, 1.165) is 5.56 Å².